The summed E-state index contributed by atoms with van der Waals surface area (Å²) in [7, 11) is 1.48. The number of ether oxygens (including phenoxy) is 2. The van der Waals surface area contributed by atoms with Crippen LogP contribution in [0.2, 0.25) is 0 Å². The average molecular weight is 489 g/mol. The molecule has 11 nitrogen and oxygen atoms in total. The van der Waals surface area contributed by atoms with Crippen LogP contribution in [-0.2, 0) is 9.68 Å². The maximum Gasteiger partial charge on any atom is 0.415 e. The van der Waals surface area contributed by atoms with Gasteiger partial charge in [-0.25, -0.2) is 24.5 Å². The van der Waals surface area contributed by atoms with Crippen molar-refractivity contribution in [3.63, 3.8) is 0 Å². The second kappa shape index (κ2) is 10.5. The quantitative estimate of drug-likeness (QED) is 0.519. The molecule has 1 amide bonds. The van der Waals surface area contributed by atoms with Crippen LogP contribution in [0.25, 0.3) is 5.65 Å². The number of fused-ring (bicyclic) bond motifs is 1. The molecule has 0 aromatic carbocycles. The monoisotopic (exact) mass is 488 g/mol. The first-order valence-corrected chi connectivity index (χ1v) is 11.2. The van der Waals surface area contributed by atoms with Gasteiger partial charge in [0.1, 0.15) is 34.6 Å². The highest BCUT2D eigenvalue weighted by Gasteiger charge is 2.27. The molecule has 3 aromatic rings. The molecule has 3 aromatic heterocycles. The molecule has 1 fully saturated rings. The van der Waals surface area contributed by atoms with Gasteiger partial charge in [-0.1, -0.05) is 13.8 Å². The van der Waals surface area contributed by atoms with E-state index in [1.165, 1.54) is 22.5 Å². The predicted octanol–water partition coefficient (Wildman–Crippen LogP) is 4.85. The Hall–Kier alpha value is -3.96. The zero-order valence-corrected chi connectivity index (χ0v) is 20.5. The highest BCUT2D eigenvalue weighted by molar-refractivity contribution is 5.96. The van der Waals surface area contributed by atoms with Crippen molar-refractivity contribution in [3.05, 3.63) is 36.2 Å². The molecule has 4 rings (SSSR count). The second-order valence-electron chi connectivity index (χ2n) is 8.50. The Bertz CT molecular complexity index is 1200. The van der Waals surface area contributed by atoms with Gasteiger partial charge in [0, 0.05) is 23.8 Å². The van der Waals surface area contributed by atoms with Gasteiger partial charge in [0.25, 0.3) is 0 Å². The van der Waals surface area contributed by atoms with Crippen LogP contribution in [0, 0.1) is 0 Å². The number of carbonyl (C=O) groups is 2. The highest BCUT2D eigenvalue weighted by Crippen LogP contribution is 2.32. The van der Waals surface area contributed by atoms with Gasteiger partial charge in [-0.15, -0.1) is 0 Å². The SMILES string of the molecule is CC.CN(C(=O)OC(C)(C)C)c1cc(Nc2cccnc2OC2CC2)nc2c(C(=O)OF)cnn12. The van der Waals surface area contributed by atoms with Crippen molar-refractivity contribution < 1.29 is 28.5 Å². The Balaban J connectivity index is 0.00000167. The summed E-state index contributed by atoms with van der Waals surface area (Å²) in [6.45, 7) is 9.21. The molecular formula is C23H29FN6O5. The molecule has 0 radical (unpaired) electrons. The molecule has 0 atom stereocenters. The van der Waals surface area contributed by atoms with E-state index >= 15 is 0 Å². The third kappa shape index (κ3) is 6.14. The third-order valence-corrected chi connectivity index (χ3v) is 4.59. The van der Waals surface area contributed by atoms with Crippen molar-refractivity contribution in [1.82, 2.24) is 19.6 Å². The summed E-state index contributed by atoms with van der Waals surface area (Å²) in [4.78, 5) is 37.8. The number of nitrogens with one attached hydrogen (secondary N) is 1. The highest BCUT2D eigenvalue weighted by atomic mass is 19.3. The van der Waals surface area contributed by atoms with Crippen LogP contribution >= 0.6 is 0 Å². The molecule has 0 saturated heterocycles. The number of nitrogens with zero attached hydrogens (tertiary/aromatic N) is 5. The lowest BCUT2D eigenvalue weighted by molar-refractivity contribution is -0.0786. The van der Waals surface area contributed by atoms with E-state index in [0.717, 1.165) is 19.0 Å². The molecule has 0 aliphatic heterocycles. The first-order chi connectivity index (χ1) is 16.7. The third-order valence-electron chi connectivity index (χ3n) is 4.59. The molecule has 1 saturated carbocycles. The van der Waals surface area contributed by atoms with E-state index in [1.54, 1.807) is 39.1 Å². The second-order valence-corrected chi connectivity index (χ2v) is 8.50. The summed E-state index contributed by atoms with van der Waals surface area (Å²) in [5.74, 6) is -0.432. The molecule has 1 N–H and O–H groups in total. The van der Waals surface area contributed by atoms with Crippen LogP contribution in [0.15, 0.2) is 30.6 Å². The lowest BCUT2D eigenvalue weighted by atomic mass is 10.2. The van der Waals surface area contributed by atoms with Crippen LogP contribution in [0.4, 0.5) is 26.6 Å². The Kier molecular flexibility index (Phi) is 7.72. The Morgan fingerprint density at radius 2 is 1.97 bits per heavy atom. The summed E-state index contributed by atoms with van der Waals surface area (Å²) >= 11 is 0. The van der Waals surface area contributed by atoms with Crippen molar-refractivity contribution in [2.75, 3.05) is 17.3 Å². The standard InChI is InChI=1S/C21H23FN6O5.C2H6/c1-21(2,3)32-20(30)27(4)16-10-15(26-17-13(19(29)33-22)11-24-28(16)17)25-14-6-5-9-23-18(14)31-12-7-8-12;1-2/h5-6,9-12H,7-8H2,1-4H3,(H,25,26);1-2H3. The number of aromatic nitrogens is 4. The van der Waals surface area contributed by atoms with Gasteiger partial charge < -0.3 is 14.8 Å². The zero-order valence-electron chi connectivity index (χ0n) is 20.5. The fraction of sp³-hybridized carbons (Fsp3) is 0.435. The van der Waals surface area contributed by atoms with Crippen LogP contribution in [-0.4, -0.2) is 50.4 Å². The first kappa shape index (κ1) is 25.7. The van der Waals surface area contributed by atoms with Crippen molar-refractivity contribution in [2.45, 2.75) is 59.2 Å². The minimum absolute atomic E-state index is 0.0263. The zero-order chi connectivity index (χ0) is 25.8. The Morgan fingerprint density at radius 3 is 2.60 bits per heavy atom. The largest absolute Gasteiger partial charge is 0.473 e. The van der Waals surface area contributed by atoms with E-state index in [1.807, 2.05) is 13.8 Å². The lowest BCUT2D eigenvalue weighted by Crippen LogP contribution is -2.35. The van der Waals surface area contributed by atoms with E-state index in [0.29, 0.717) is 11.6 Å². The maximum atomic E-state index is 12.7. The minimum Gasteiger partial charge on any atom is -0.473 e. The van der Waals surface area contributed by atoms with Crippen molar-refractivity contribution in [2.24, 2.45) is 0 Å². The lowest BCUT2D eigenvalue weighted by Gasteiger charge is -2.25. The molecule has 0 unspecified atom stereocenters. The van der Waals surface area contributed by atoms with Crippen LogP contribution in [0.5, 0.6) is 5.88 Å². The number of rotatable bonds is 6. The molecule has 12 heteroatoms. The van der Waals surface area contributed by atoms with E-state index in [4.69, 9.17) is 9.47 Å². The molecule has 1 aliphatic carbocycles. The molecular weight excluding hydrogens is 459 g/mol. The van der Waals surface area contributed by atoms with Crippen LogP contribution in [0.3, 0.4) is 0 Å². The summed E-state index contributed by atoms with van der Waals surface area (Å²) in [5, 5.41) is 7.16. The number of amides is 1. The molecule has 3 heterocycles. The predicted molar refractivity (Wildman–Crippen MR) is 127 cm³/mol. The number of carbonyl (C=O) groups excluding carboxylic acids is 2. The fourth-order valence-corrected chi connectivity index (χ4v) is 2.92. The minimum atomic E-state index is -1.26. The summed E-state index contributed by atoms with van der Waals surface area (Å²) < 4.78 is 25.1. The van der Waals surface area contributed by atoms with E-state index in [-0.39, 0.29) is 29.0 Å². The number of anilines is 3. The van der Waals surface area contributed by atoms with Crippen molar-refractivity contribution in [1.29, 1.82) is 0 Å². The van der Waals surface area contributed by atoms with Gasteiger partial charge in [-0.2, -0.15) is 9.61 Å². The molecule has 35 heavy (non-hydrogen) atoms. The van der Waals surface area contributed by atoms with E-state index in [2.05, 4.69) is 25.3 Å². The van der Waals surface area contributed by atoms with Gasteiger partial charge in [-0.05, 0) is 45.7 Å². The average Bonchev–Trinajstić information content (AvgIpc) is 3.54. The summed E-state index contributed by atoms with van der Waals surface area (Å²) in [6.07, 6.45) is 4.07. The van der Waals surface area contributed by atoms with Crippen LogP contribution in [0.1, 0.15) is 57.8 Å². The first-order valence-electron chi connectivity index (χ1n) is 11.2. The summed E-state index contributed by atoms with van der Waals surface area (Å²) in [5.41, 5.74) is -0.458. The number of hydrogen-bond donors (Lipinski definition) is 1. The van der Waals surface area contributed by atoms with E-state index < -0.39 is 17.7 Å². The smallest absolute Gasteiger partial charge is 0.415 e. The summed E-state index contributed by atoms with van der Waals surface area (Å²) in [6, 6.07) is 5.00. The maximum absolute atomic E-state index is 12.7. The molecule has 0 bridgehead atoms. The van der Waals surface area contributed by atoms with Gasteiger partial charge in [0.2, 0.25) is 5.88 Å². The van der Waals surface area contributed by atoms with Gasteiger partial charge in [-0.3, -0.25) is 4.90 Å². The van der Waals surface area contributed by atoms with Crippen LogP contribution < -0.4 is 15.0 Å². The fourth-order valence-electron chi connectivity index (χ4n) is 2.92. The number of halogens is 1. The van der Waals surface area contributed by atoms with Gasteiger partial charge >= 0.3 is 12.1 Å². The van der Waals surface area contributed by atoms with Crippen molar-refractivity contribution >= 4 is 35.0 Å². The van der Waals surface area contributed by atoms with Gasteiger partial charge in [0.05, 0.1) is 6.20 Å². The molecule has 188 valence electrons. The Labute approximate surface area is 202 Å². The van der Waals surface area contributed by atoms with E-state index in [9.17, 15) is 14.1 Å². The van der Waals surface area contributed by atoms with Crippen molar-refractivity contribution in [3.8, 4) is 5.88 Å². The molecule has 0 spiro atoms. The number of hydrogen-bond acceptors (Lipinski definition) is 9. The van der Waals surface area contributed by atoms with Gasteiger partial charge in [0.15, 0.2) is 5.65 Å². The normalized spacial score (nSPS) is 12.9. The molecule has 1 aliphatic rings. The number of pyridine rings is 1. The topological polar surface area (TPSA) is 120 Å². The Morgan fingerprint density at radius 1 is 1.26 bits per heavy atom.